The number of likely N-dealkylation sites (N-methyl/N-ethyl adjacent to an activating group) is 1. The number of carbonyl (C=O) groups is 2. The fraction of sp³-hybridized carbons (Fsp3) is 0.261. The molecule has 0 aliphatic carbocycles. The van der Waals surface area contributed by atoms with Crippen molar-refractivity contribution in [1.29, 1.82) is 0 Å². The lowest BCUT2D eigenvalue weighted by Gasteiger charge is -2.26. The maximum absolute atomic E-state index is 13.1. The second kappa shape index (κ2) is 8.72. The van der Waals surface area contributed by atoms with Gasteiger partial charge in [-0.25, -0.2) is 10.0 Å². The summed E-state index contributed by atoms with van der Waals surface area (Å²) in [5.41, 5.74) is 1.49. The van der Waals surface area contributed by atoms with Gasteiger partial charge in [-0.2, -0.15) is 0 Å². The van der Waals surface area contributed by atoms with Gasteiger partial charge in [0.2, 0.25) is 0 Å². The summed E-state index contributed by atoms with van der Waals surface area (Å²) >= 11 is 0. The van der Waals surface area contributed by atoms with Crippen LogP contribution in [-0.2, 0) is 4.79 Å². The van der Waals surface area contributed by atoms with Crippen molar-refractivity contribution in [1.82, 2.24) is 15.5 Å². The molecule has 1 aromatic heterocycles. The lowest BCUT2D eigenvalue weighted by Crippen LogP contribution is -2.45. The van der Waals surface area contributed by atoms with Crippen molar-refractivity contribution in [3.05, 3.63) is 60.3 Å². The fourth-order valence-electron chi connectivity index (χ4n) is 3.68. The molecule has 166 valence electrons. The van der Waals surface area contributed by atoms with Gasteiger partial charge in [-0.3, -0.25) is 9.59 Å². The minimum Gasteiger partial charge on any atom is -0.493 e. The molecule has 1 aliphatic heterocycles. The minimum atomic E-state index is -0.728. The monoisotopic (exact) mass is 436 g/mol. The number of para-hydroxylation sites is 1. The third kappa shape index (κ3) is 3.78. The summed E-state index contributed by atoms with van der Waals surface area (Å²) in [4.78, 5) is 25.9. The first-order valence-electron chi connectivity index (χ1n) is 10.1. The van der Waals surface area contributed by atoms with Gasteiger partial charge in [-0.05, 0) is 37.3 Å². The van der Waals surface area contributed by atoms with Crippen LogP contribution in [0.15, 0.2) is 59.1 Å². The molecule has 2 heterocycles. The van der Waals surface area contributed by atoms with Gasteiger partial charge in [0.1, 0.15) is 6.04 Å². The zero-order chi connectivity index (χ0) is 22.8. The van der Waals surface area contributed by atoms with Crippen LogP contribution < -0.4 is 19.8 Å². The quantitative estimate of drug-likeness (QED) is 0.635. The molecular weight excluding hydrogens is 412 g/mol. The van der Waals surface area contributed by atoms with E-state index >= 15 is 0 Å². The number of rotatable bonds is 6. The van der Waals surface area contributed by atoms with Gasteiger partial charge in [-0.1, -0.05) is 23.4 Å². The SMILES string of the molecule is COc1ccc(-c2cc(C(=O)NC3C(=O)N(c4ccccc4)N(C)C3C)no2)cc1OC. The van der Waals surface area contributed by atoms with Crippen LogP contribution in [0.3, 0.4) is 0 Å². The zero-order valence-corrected chi connectivity index (χ0v) is 18.2. The Balaban J connectivity index is 1.52. The molecule has 9 heteroatoms. The third-order valence-electron chi connectivity index (χ3n) is 5.56. The van der Waals surface area contributed by atoms with E-state index in [0.29, 0.717) is 22.8 Å². The second-order valence-corrected chi connectivity index (χ2v) is 7.40. The predicted octanol–water partition coefficient (Wildman–Crippen LogP) is 2.74. The Kier molecular flexibility index (Phi) is 5.83. The van der Waals surface area contributed by atoms with Crippen LogP contribution in [0.4, 0.5) is 5.69 Å². The first-order valence-corrected chi connectivity index (χ1v) is 10.1. The smallest absolute Gasteiger partial charge is 0.274 e. The van der Waals surface area contributed by atoms with E-state index in [0.717, 1.165) is 5.69 Å². The molecule has 2 amide bonds. The lowest BCUT2D eigenvalue weighted by molar-refractivity contribution is -0.119. The molecule has 4 rings (SSSR count). The van der Waals surface area contributed by atoms with Crippen molar-refractivity contribution < 1.29 is 23.6 Å². The van der Waals surface area contributed by atoms with Crippen LogP contribution >= 0.6 is 0 Å². The fourth-order valence-corrected chi connectivity index (χ4v) is 3.68. The summed E-state index contributed by atoms with van der Waals surface area (Å²) in [6.45, 7) is 1.88. The number of aromatic nitrogens is 1. The van der Waals surface area contributed by atoms with Crippen molar-refractivity contribution in [2.75, 3.05) is 26.3 Å². The Hall–Kier alpha value is -3.85. The summed E-state index contributed by atoms with van der Waals surface area (Å²) in [6.07, 6.45) is 0. The average molecular weight is 436 g/mol. The molecule has 3 aromatic rings. The molecule has 0 spiro atoms. The average Bonchev–Trinajstić information content (AvgIpc) is 3.39. The van der Waals surface area contributed by atoms with Crippen LogP contribution in [0.5, 0.6) is 11.5 Å². The van der Waals surface area contributed by atoms with Crippen molar-refractivity contribution in [2.24, 2.45) is 0 Å². The molecule has 9 nitrogen and oxygen atoms in total. The summed E-state index contributed by atoms with van der Waals surface area (Å²) in [5, 5.41) is 10.0. The Labute approximate surface area is 185 Å². The van der Waals surface area contributed by atoms with Gasteiger partial charge < -0.3 is 19.3 Å². The number of hydrazine groups is 1. The van der Waals surface area contributed by atoms with Crippen molar-refractivity contribution in [2.45, 2.75) is 19.0 Å². The van der Waals surface area contributed by atoms with Gasteiger partial charge >= 0.3 is 0 Å². The first kappa shape index (κ1) is 21.4. The van der Waals surface area contributed by atoms with Gasteiger partial charge in [0, 0.05) is 18.7 Å². The maximum Gasteiger partial charge on any atom is 0.274 e. The molecule has 0 bridgehead atoms. The number of amides is 2. The number of hydrogen-bond acceptors (Lipinski definition) is 7. The van der Waals surface area contributed by atoms with Gasteiger partial charge in [0.15, 0.2) is 23.0 Å². The van der Waals surface area contributed by atoms with Crippen LogP contribution in [-0.4, -0.2) is 55.3 Å². The number of nitrogens with one attached hydrogen (secondary N) is 1. The van der Waals surface area contributed by atoms with Crippen LogP contribution in [0.2, 0.25) is 0 Å². The number of benzene rings is 2. The standard InChI is InChI=1S/C23H24N4O5/c1-14-21(23(29)27(26(14)2)16-8-6-5-7-9-16)24-22(28)17-13-19(32-25-17)15-10-11-18(30-3)20(12-15)31-4/h5-14,21H,1-4H3,(H,24,28). The van der Waals surface area contributed by atoms with E-state index in [1.54, 1.807) is 35.3 Å². The number of ether oxygens (including phenoxy) is 2. The van der Waals surface area contributed by atoms with Gasteiger partial charge in [0.25, 0.3) is 11.8 Å². The molecule has 2 aromatic carbocycles. The minimum absolute atomic E-state index is 0.0793. The highest BCUT2D eigenvalue weighted by molar-refractivity contribution is 6.03. The highest BCUT2D eigenvalue weighted by atomic mass is 16.5. The third-order valence-corrected chi connectivity index (χ3v) is 5.56. The Morgan fingerprint density at radius 1 is 1.06 bits per heavy atom. The number of anilines is 1. The number of nitrogens with zero attached hydrogens (tertiary/aromatic N) is 3. The van der Waals surface area contributed by atoms with Crippen LogP contribution in [0.1, 0.15) is 17.4 Å². The Morgan fingerprint density at radius 2 is 1.78 bits per heavy atom. The van der Waals surface area contributed by atoms with E-state index in [-0.39, 0.29) is 17.6 Å². The molecular formula is C23H24N4O5. The zero-order valence-electron chi connectivity index (χ0n) is 18.2. The Morgan fingerprint density at radius 3 is 2.47 bits per heavy atom. The van der Waals surface area contributed by atoms with Crippen molar-refractivity contribution >= 4 is 17.5 Å². The highest BCUT2D eigenvalue weighted by Gasteiger charge is 2.44. The molecule has 1 N–H and O–H groups in total. The van der Waals surface area contributed by atoms with Crippen LogP contribution in [0, 0.1) is 0 Å². The molecule has 2 unspecified atom stereocenters. The van der Waals surface area contributed by atoms with E-state index in [4.69, 9.17) is 14.0 Å². The Bertz CT molecular complexity index is 1130. The van der Waals surface area contributed by atoms with Crippen molar-refractivity contribution in [3.8, 4) is 22.8 Å². The molecule has 0 saturated carbocycles. The maximum atomic E-state index is 13.1. The summed E-state index contributed by atoms with van der Waals surface area (Å²) in [6, 6.07) is 15.1. The molecule has 1 fully saturated rings. The van der Waals surface area contributed by atoms with Gasteiger partial charge in [-0.15, -0.1) is 0 Å². The van der Waals surface area contributed by atoms with Crippen LogP contribution in [0.25, 0.3) is 11.3 Å². The van der Waals surface area contributed by atoms with E-state index in [2.05, 4.69) is 10.5 Å². The van der Waals surface area contributed by atoms with E-state index in [9.17, 15) is 9.59 Å². The molecule has 0 radical (unpaired) electrons. The molecule has 32 heavy (non-hydrogen) atoms. The van der Waals surface area contributed by atoms with Crippen molar-refractivity contribution in [3.63, 3.8) is 0 Å². The predicted molar refractivity (Wildman–Crippen MR) is 117 cm³/mol. The van der Waals surface area contributed by atoms with E-state index < -0.39 is 11.9 Å². The molecule has 2 atom stereocenters. The normalized spacial score (nSPS) is 18.6. The molecule has 1 saturated heterocycles. The number of hydrogen-bond donors (Lipinski definition) is 1. The second-order valence-electron chi connectivity index (χ2n) is 7.40. The number of carbonyl (C=O) groups excluding carboxylic acids is 2. The van der Waals surface area contributed by atoms with Gasteiger partial charge in [0.05, 0.1) is 25.9 Å². The summed E-state index contributed by atoms with van der Waals surface area (Å²) in [5.74, 6) is 0.790. The molecule has 1 aliphatic rings. The number of methoxy groups -OCH3 is 2. The lowest BCUT2D eigenvalue weighted by atomic mass is 10.1. The highest BCUT2D eigenvalue weighted by Crippen LogP contribution is 2.32. The largest absolute Gasteiger partial charge is 0.493 e. The summed E-state index contributed by atoms with van der Waals surface area (Å²) in [7, 11) is 4.90. The van der Waals surface area contributed by atoms with E-state index in [1.807, 2.05) is 44.3 Å². The topological polar surface area (TPSA) is 97.1 Å². The first-order chi connectivity index (χ1) is 15.4. The van der Waals surface area contributed by atoms with E-state index in [1.165, 1.54) is 13.2 Å². The summed E-state index contributed by atoms with van der Waals surface area (Å²) < 4.78 is 15.9.